The second-order valence-corrected chi connectivity index (χ2v) is 4.92. The quantitative estimate of drug-likeness (QED) is 0.835. The Morgan fingerprint density at radius 2 is 2.15 bits per heavy atom. The van der Waals surface area contributed by atoms with Crippen molar-refractivity contribution in [2.45, 2.75) is 26.8 Å². The standard InChI is InChI=1S/C15H19N5/c1-12-10-13(2)20(18-12)9-5-8-19(3)15-7-4-6-14(11-16)17-15/h4,6-7,10H,5,8-9H2,1-3H3. The molecule has 0 fully saturated rings. The number of anilines is 1. The van der Waals surface area contributed by atoms with E-state index >= 15 is 0 Å². The van der Waals surface area contributed by atoms with E-state index in [1.807, 2.05) is 30.8 Å². The summed E-state index contributed by atoms with van der Waals surface area (Å²) in [5.41, 5.74) is 2.70. The van der Waals surface area contributed by atoms with Crippen molar-refractivity contribution in [3.05, 3.63) is 41.3 Å². The van der Waals surface area contributed by atoms with E-state index in [1.54, 1.807) is 6.07 Å². The summed E-state index contributed by atoms with van der Waals surface area (Å²) in [7, 11) is 1.99. The van der Waals surface area contributed by atoms with E-state index in [9.17, 15) is 0 Å². The number of hydrogen-bond acceptors (Lipinski definition) is 4. The first-order valence-electron chi connectivity index (χ1n) is 6.69. The summed E-state index contributed by atoms with van der Waals surface area (Å²) in [5.74, 6) is 0.831. The molecular formula is C15H19N5. The zero-order valence-corrected chi connectivity index (χ0v) is 12.2. The van der Waals surface area contributed by atoms with Gasteiger partial charge in [-0.1, -0.05) is 6.07 Å². The summed E-state index contributed by atoms with van der Waals surface area (Å²) >= 11 is 0. The molecule has 0 saturated heterocycles. The molecule has 0 atom stereocenters. The largest absolute Gasteiger partial charge is 0.360 e. The summed E-state index contributed by atoms with van der Waals surface area (Å²) in [6.45, 7) is 5.84. The van der Waals surface area contributed by atoms with Crippen LogP contribution in [0.15, 0.2) is 24.3 Å². The van der Waals surface area contributed by atoms with Gasteiger partial charge >= 0.3 is 0 Å². The van der Waals surface area contributed by atoms with Gasteiger partial charge in [-0.2, -0.15) is 10.4 Å². The number of rotatable bonds is 5. The van der Waals surface area contributed by atoms with E-state index in [0.29, 0.717) is 5.69 Å². The highest BCUT2D eigenvalue weighted by Gasteiger charge is 2.05. The van der Waals surface area contributed by atoms with Crippen LogP contribution in [0.1, 0.15) is 23.5 Å². The van der Waals surface area contributed by atoms with Gasteiger partial charge in [0.25, 0.3) is 0 Å². The van der Waals surface area contributed by atoms with Gasteiger partial charge in [-0.25, -0.2) is 4.98 Å². The van der Waals surface area contributed by atoms with Gasteiger partial charge in [-0.05, 0) is 38.5 Å². The van der Waals surface area contributed by atoms with Gasteiger partial charge in [0.2, 0.25) is 0 Å². The topological polar surface area (TPSA) is 57.7 Å². The third-order valence-corrected chi connectivity index (χ3v) is 3.21. The molecule has 0 aliphatic rings. The Morgan fingerprint density at radius 3 is 2.80 bits per heavy atom. The summed E-state index contributed by atoms with van der Waals surface area (Å²) in [6, 6.07) is 9.64. The fourth-order valence-electron chi connectivity index (χ4n) is 2.17. The van der Waals surface area contributed by atoms with Crippen molar-refractivity contribution < 1.29 is 0 Å². The first-order valence-corrected chi connectivity index (χ1v) is 6.69. The smallest absolute Gasteiger partial charge is 0.142 e. The molecule has 0 N–H and O–H groups in total. The van der Waals surface area contributed by atoms with Crippen LogP contribution in [-0.4, -0.2) is 28.4 Å². The zero-order chi connectivity index (χ0) is 14.5. The van der Waals surface area contributed by atoms with Crippen LogP contribution in [0.3, 0.4) is 0 Å². The zero-order valence-electron chi connectivity index (χ0n) is 12.2. The van der Waals surface area contributed by atoms with E-state index in [-0.39, 0.29) is 0 Å². The first-order chi connectivity index (χ1) is 9.60. The van der Waals surface area contributed by atoms with Crippen LogP contribution in [0.2, 0.25) is 0 Å². The maximum atomic E-state index is 8.86. The Morgan fingerprint density at radius 1 is 1.35 bits per heavy atom. The summed E-state index contributed by atoms with van der Waals surface area (Å²) in [5, 5.41) is 13.3. The molecule has 0 aliphatic carbocycles. The molecule has 0 saturated carbocycles. The molecule has 0 amide bonds. The van der Waals surface area contributed by atoms with Gasteiger partial charge in [-0.15, -0.1) is 0 Å². The average molecular weight is 269 g/mol. The number of nitriles is 1. The van der Waals surface area contributed by atoms with Crippen molar-refractivity contribution in [1.82, 2.24) is 14.8 Å². The highest BCUT2D eigenvalue weighted by molar-refractivity contribution is 5.40. The molecule has 5 heteroatoms. The molecule has 2 heterocycles. The lowest BCUT2D eigenvalue weighted by molar-refractivity contribution is 0.561. The lowest BCUT2D eigenvalue weighted by atomic mass is 10.3. The van der Waals surface area contributed by atoms with Gasteiger partial charge in [0.1, 0.15) is 17.6 Å². The molecule has 0 unspecified atom stereocenters. The van der Waals surface area contributed by atoms with Crippen molar-refractivity contribution in [3.63, 3.8) is 0 Å². The third-order valence-electron chi connectivity index (χ3n) is 3.21. The van der Waals surface area contributed by atoms with Crippen LogP contribution in [0, 0.1) is 25.2 Å². The molecular weight excluding hydrogens is 250 g/mol. The molecule has 5 nitrogen and oxygen atoms in total. The van der Waals surface area contributed by atoms with E-state index in [4.69, 9.17) is 5.26 Å². The molecule has 0 bridgehead atoms. The van der Waals surface area contributed by atoms with Gasteiger partial charge in [0.15, 0.2) is 0 Å². The van der Waals surface area contributed by atoms with Gasteiger partial charge in [-0.3, -0.25) is 4.68 Å². The molecule has 0 aliphatic heterocycles. The molecule has 20 heavy (non-hydrogen) atoms. The second kappa shape index (κ2) is 6.20. The third kappa shape index (κ3) is 3.35. The fourth-order valence-corrected chi connectivity index (χ4v) is 2.17. The van der Waals surface area contributed by atoms with Gasteiger partial charge < -0.3 is 4.90 Å². The average Bonchev–Trinajstić information content (AvgIpc) is 2.77. The molecule has 2 aromatic rings. The van der Waals surface area contributed by atoms with Gasteiger partial charge in [0.05, 0.1) is 5.69 Å². The van der Waals surface area contributed by atoms with Crippen molar-refractivity contribution in [2.75, 3.05) is 18.5 Å². The van der Waals surface area contributed by atoms with Crippen LogP contribution in [0.5, 0.6) is 0 Å². The van der Waals surface area contributed by atoms with E-state index in [2.05, 4.69) is 34.0 Å². The molecule has 2 aromatic heterocycles. The monoisotopic (exact) mass is 269 g/mol. The van der Waals surface area contributed by atoms with Gasteiger partial charge in [0, 0.05) is 25.8 Å². The number of pyridine rings is 1. The first kappa shape index (κ1) is 14.1. The summed E-state index contributed by atoms with van der Waals surface area (Å²) < 4.78 is 2.03. The van der Waals surface area contributed by atoms with Crippen LogP contribution in [-0.2, 0) is 6.54 Å². The van der Waals surface area contributed by atoms with Crippen molar-refractivity contribution >= 4 is 5.82 Å². The fraction of sp³-hybridized carbons (Fsp3) is 0.400. The lowest BCUT2D eigenvalue weighted by Gasteiger charge is -2.18. The number of aryl methyl sites for hydroxylation is 3. The van der Waals surface area contributed by atoms with Crippen LogP contribution >= 0.6 is 0 Å². The Labute approximate surface area is 119 Å². The Balaban J connectivity index is 1.90. The van der Waals surface area contributed by atoms with Crippen molar-refractivity contribution in [1.29, 1.82) is 5.26 Å². The number of hydrogen-bond donors (Lipinski definition) is 0. The minimum absolute atomic E-state index is 0.452. The maximum Gasteiger partial charge on any atom is 0.142 e. The lowest BCUT2D eigenvalue weighted by Crippen LogP contribution is -2.21. The molecule has 0 spiro atoms. The normalized spacial score (nSPS) is 10.3. The Hall–Kier alpha value is -2.35. The minimum atomic E-state index is 0.452. The highest BCUT2D eigenvalue weighted by Crippen LogP contribution is 2.10. The van der Waals surface area contributed by atoms with E-state index in [1.165, 1.54) is 5.69 Å². The Kier molecular flexibility index (Phi) is 4.36. The molecule has 2 rings (SSSR count). The van der Waals surface area contributed by atoms with E-state index < -0.39 is 0 Å². The van der Waals surface area contributed by atoms with Crippen LogP contribution in [0.4, 0.5) is 5.82 Å². The number of aromatic nitrogens is 3. The van der Waals surface area contributed by atoms with Crippen LogP contribution in [0.25, 0.3) is 0 Å². The number of nitrogens with zero attached hydrogens (tertiary/aromatic N) is 5. The second-order valence-electron chi connectivity index (χ2n) is 4.92. The molecule has 0 aromatic carbocycles. The summed E-state index contributed by atoms with van der Waals surface area (Å²) in [6.07, 6.45) is 0.983. The molecule has 0 radical (unpaired) electrons. The Bertz CT molecular complexity index is 623. The maximum absolute atomic E-state index is 8.86. The predicted octanol–water partition coefficient (Wildman–Crippen LogP) is 2.29. The van der Waals surface area contributed by atoms with Crippen molar-refractivity contribution in [2.24, 2.45) is 0 Å². The highest BCUT2D eigenvalue weighted by atomic mass is 15.3. The molecule has 104 valence electrons. The minimum Gasteiger partial charge on any atom is -0.360 e. The summed E-state index contributed by atoms with van der Waals surface area (Å²) in [4.78, 5) is 6.34. The van der Waals surface area contributed by atoms with Crippen molar-refractivity contribution in [3.8, 4) is 6.07 Å². The predicted molar refractivity (Wildman–Crippen MR) is 78.5 cm³/mol. The van der Waals surface area contributed by atoms with E-state index in [0.717, 1.165) is 31.0 Å². The SMILES string of the molecule is Cc1cc(C)n(CCCN(C)c2cccc(C#N)n2)n1. The van der Waals surface area contributed by atoms with Crippen LogP contribution < -0.4 is 4.90 Å².